The van der Waals surface area contributed by atoms with Crippen LogP contribution in [0.1, 0.15) is 45.4 Å². The van der Waals surface area contributed by atoms with Crippen LogP contribution in [-0.4, -0.2) is 23.8 Å². The molecule has 1 spiro atoms. The van der Waals surface area contributed by atoms with E-state index >= 15 is 0 Å². The van der Waals surface area contributed by atoms with E-state index in [0.29, 0.717) is 0 Å². The normalized spacial score (nSPS) is 40.8. The van der Waals surface area contributed by atoms with Crippen LogP contribution >= 0.6 is 0 Å². The molecule has 2 aliphatic rings. The van der Waals surface area contributed by atoms with Gasteiger partial charge in [-0.3, -0.25) is 4.79 Å². The van der Waals surface area contributed by atoms with Crippen LogP contribution in [-0.2, 0) is 9.53 Å². The lowest BCUT2D eigenvalue weighted by Crippen LogP contribution is -2.44. The van der Waals surface area contributed by atoms with Crippen LogP contribution in [0, 0.1) is 11.3 Å². The Morgan fingerprint density at radius 2 is 2.24 bits per heavy atom. The number of carbonyl (C=O) groups is 1. The Labute approximate surface area is 103 Å². The van der Waals surface area contributed by atoms with Crippen molar-refractivity contribution in [3.05, 3.63) is 12.2 Å². The molecular formula is C14H22O3. The number of hydrogen-bond acceptors (Lipinski definition) is 3. The first-order chi connectivity index (χ1) is 8.07. The van der Waals surface area contributed by atoms with Gasteiger partial charge in [0, 0.05) is 5.41 Å². The molecule has 2 rings (SSSR count). The van der Waals surface area contributed by atoms with Crippen LogP contribution in [0.25, 0.3) is 0 Å². The van der Waals surface area contributed by atoms with Crippen molar-refractivity contribution < 1.29 is 14.6 Å². The number of methoxy groups -OCH3 is 1. The van der Waals surface area contributed by atoms with Gasteiger partial charge in [0.25, 0.3) is 0 Å². The summed E-state index contributed by atoms with van der Waals surface area (Å²) in [5.74, 6) is -0.276. The van der Waals surface area contributed by atoms with Gasteiger partial charge >= 0.3 is 5.97 Å². The smallest absolute Gasteiger partial charge is 0.312 e. The Morgan fingerprint density at radius 1 is 1.47 bits per heavy atom. The van der Waals surface area contributed by atoms with Crippen molar-refractivity contribution in [2.75, 3.05) is 7.11 Å². The lowest BCUT2D eigenvalue weighted by molar-refractivity contribution is -0.144. The Kier molecular flexibility index (Phi) is 3.30. The van der Waals surface area contributed by atoms with Gasteiger partial charge in [-0.2, -0.15) is 0 Å². The summed E-state index contributed by atoms with van der Waals surface area (Å²) in [6.07, 6.45) is 9.53. The molecule has 3 heteroatoms. The zero-order valence-corrected chi connectivity index (χ0v) is 10.7. The number of hydrogen-bond donors (Lipinski definition) is 1. The molecular weight excluding hydrogens is 216 g/mol. The van der Waals surface area contributed by atoms with E-state index in [1.54, 1.807) is 0 Å². The van der Waals surface area contributed by atoms with Gasteiger partial charge in [0.15, 0.2) is 0 Å². The molecule has 0 bridgehead atoms. The fraction of sp³-hybridized carbons (Fsp3) is 0.786. The van der Waals surface area contributed by atoms with Crippen molar-refractivity contribution in [3.63, 3.8) is 0 Å². The second-order valence-corrected chi connectivity index (χ2v) is 5.42. The van der Waals surface area contributed by atoms with Crippen LogP contribution in [0.4, 0.5) is 0 Å². The first-order valence-electron chi connectivity index (χ1n) is 6.56. The van der Waals surface area contributed by atoms with E-state index in [2.05, 4.69) is 6.08 Å². The maximum Gasteiger partial charge on any atom is 0.312 e. The van der Waals surface area contributed by atoms with Gasteiger partial charge in [-0.1, -0.05) is 19.1 Å². The van der Waals surface area contributed by atoms with Crippen molar-refractivity contribution in [1.82, 2.24) is 0 Å². The minimum Gasteiger partial charge on any atom is -0.469 e. The summed E-state index contributed by atoms with van der Waals surface area (Å²) >= 11 is 0. The molecule has 17 heavy (non-hydrogen) atoms. The molecule has 1 fully saturated rings. The van der Waals surface area contributed by atoms with Crippen molar-refractivity contribution in [3.8, 4) is 0 Å². The molecule has 0 aromatic heterocycles. The van der Waals surface area contributed by atoms with E-state index in [1.165, 1.54) is 7.11 Å². The first-order valence-corrected chi connectivity index (χ1v) is 6.56. The number of esters is 1. The zero-order valence-electron chi connectivity index (χ0n) is 10.7. The zero-order chi connectivity index (χ0) is 12.5. The third-order valence-electron chi connectivity index (χ3n) is 4.78. The molecule has 96 valence electrons. The summed E-state index contributed by atoms with van der Waals surface area (Å²) in [4.78, 5) is 11.5. The predicted octanol–water partition coefficient (Wildman–Crippen LogP) is 2.44. The number of carbonyl (C=O) groups excluding carboxylic acids is 1. The van der Waals surface area contributed by atoms with Crippen molar-refractivity contribution >= 4 is 5.97 Å². The van der Waals surface area contributed by atoms with Crippen LogP contribution in [0.3, 0.4) is 0 Å². The van der Waals surface area contributed by atoms with Gasteiger partial charge in [-0.15, -0.1) is 0 Å². The topological polar surface area (TPSA) is 46.5 Å². The van der Waals surface area contributed by atoms with Gasteiger partial charge < -0.3 is 9.84 Å². The fourth-order valence-electron chi connectivity index (χ4n) is 3.54. The summed E-state index contributed by atoms with van der Waals surface area (Å²) in [5.41, 5.74) is -0.656. The SMILES string of the molecule is CC[C@@]1(O)CCC[C@@]12C=C[C@H](C(=O)OC)CC2. The molecule has 0 aliphatic heterocycles. The monoisotopic (exact) mass is 238 g/mol. The van der Waals surface area contributed by atoms with E-state index < -0.39 is 5.60 Å². The number of aliphatic hydroxyl groups is 1. The van der Waals surface area contributed by atoms with Gasteiger partial charge in [0.05, 0.1) is 18.6 Å². The molecule has 0 aromatic carbocycles. The van der Waals surface area contributed by atoms with Gasteiger partial charge in [0.1, 0.15) is 0 Å². The summed E-state index contributed by atoms with van der Waals surface area (Å²) in [6, 6.07) is 0. The molecule has 0 aromatic rings. The van der Waals surface area contributed by atoms with E-state index in [4.69, 9.17) is 4.74 Å². The van der Waals surface area contributed by atoms with Crippen LogP contribution in [0.2, 0.25) is 0 Å². The lowest BCUT2D eigenvalue weighted by atomic mass is 9.66. The second-order valence-electron chi connectivity index (χ2n) is 5.42. The third-order valence-corrected chi connectivity index (χ3v) is 4.78. The maximum atomic E-state index is 11.5. The highest BCUT2D eigenvalue weighted by atomic mass is 16.5. The van der Waals surface area contributed by atoms with E-state index in [1.807, 2.05) is 13.0 Å². The molecule has 0 amide bonds. The summed E-state index contributed by atoms with van der Waals surface area (Å²) in [7, 11) is 1.43. The minimum atomic E-state index is -0.565. The Balaban J connectivity index is 2.18. The van der Waals surface area contributed by atoms with E-state index in [0.717, 1.165) is 38.5 Å². The molecule has 0 radical (unpaired) electrons. The van der Waals surface area contributed by atoms with E-state index in [-0.39, 0.29) is 17.3 Å². The number of ether oxygens (including phenoxy) is 1. The molecule has 1 N–H and O–H groups in total. The van der Waals surface area contributed by atoms with Gasteiger partial charge in [-0.25, -0.2) is 0 Å². The minimum absolute atomic E-state index is 0.0910. The summed E-state index contributed by atoms with van der Waals surface area (Å²) in [6.45, 7) is 2.05. The average Bonchev–Trinajstić information content (AvgIpc) is 2.68. The number of rotatable bonds is 2. The van der Waals surface area contributed by atoms with Crippen molar-refractivity contribution in [2.24, 2.45) is 11.3 Å². The Hall–Kier alpha value is -0.830. The second kappa shape index (κ2) is 4.45. The van der Waals surface area contributed by atoms with E-state index in [9.17, 15) is 9.90 Å². The molecule has 2 aliphatic carbocycles. The molecule has 1 saturated carbocycles. The molecule has 3 nitrogen and oxygen atoms in total. The van der Waals surface area contributed by atoms with Crippen LogP contribution < -0.4 is 0 Å². The summed E-state index contributed by atoms with van der Waals surface area (Å²) < 4.78 is 4.77. The van der Waals surface area contributed by atoms with Gasteiger partial charge in [-0.05, 0) is 38.5 Å². The summed E-state index contributed by atoms with van der Waals surface area (Å²) in [5, 5.41) is 10.7. The van der Waals surface area contributed by atoms with Crippen LogP contribution in [0.5, 0.6) is 0 Å². The predicted molar refractivity (Wildman–Crippen MR) is 65.4 cm³/mol. The third kappa shape index (κ3) is 1.90. The Morgan fingerprint density at radius 3 is 2.76 bits per heavy atom. The molecule has 0 heterocycles. The first kappa shape index (κ1) is 12.6. The average molecular weight is 238 g/mol. The quantitative estimate of drug-likeness (QED) is 0.593. The highest BCUT2D eigenvalue weighted by Crippen LogP contribution is 2.54. The largest absolute Gasteiger partial charge is 0.469 e. The van der Waals surface area contributed by atoms with Crippen molar-refractivity contribution in [2.45, 2.75) is 51.0 Å². The van der Waals surface area contributed by atoms with Crippen LogP contribution in [0.15, 0.2) is 12.2 Å². The lowest BCUT2D eigenvalue weighted by Gasteiger charge is -2.42. The van der Waals surface area contributed by atoms with Crippen molar-refractivity contribution in [1.29, 1.82) is 0 Å². The van der Waals surface area contributed by atoms with Gasteiger partial charge in [0.2, 0.25) is 0 Å². The molecule has 0 saturated heterocycles. The standard InChI is InChI=1S/C14H22O3/c1-3-14(16)8-4-7-13(14)9-5-11(6-10-13)12(15)17-2/h5,9,11,16H,3-4,6-8,10H2,1-2H3/t11-,13-,14+/m0/s1. The fourth-order valence-corrected chi connectivity index (χ4v) is 3.54. The maximum absolute atomic E-state index is 11.5. The highest BCUT2D eigenvalue weighted by molar-refractivity contribution is 5.74. The Bertz CT molecular complexity index is 336. The molecule has 0 unspecified atom stereocenters. The highest BCUT2D eigenvalue weighted by Gasteiger charge is 2.52. The molecule has 3 atom stereocenters.